The molecule has 0 aliphatic heterocycles. The smallest absolute Gasteiger partial charge is 0.234 e. The van der Waals surface area contributed by atoms with Crippen molar-refractivity contribution in [2.75, 3.05) is 12.9 Å². The van der Waals surface area contributed by atoms with E-state index in [1.165, 1.54) is 0 Å². The lowest BCUT2D eigenvalue weighted by Crippen LogP contribution is -1.91. The van der Waals surface area contributed by atoms with Gasteiger partial charge in [0.05, 0.1) is 23.5 Å². The SMILES string of the molecule is CCCSc1ccc(-c2c(-c3ccc(OC)cc3)nc3ncccn23)cc1Cl. The summed E-state index contributed by atoms with van der Waals surface area (Å²) in [5, 5.41) is 0.760. The molecule has 0 spiro atoms. The molecule has 0 aliphatic carbocycles. The van der Waals surface area contributed by atoms with Crippen LogP contribution in [0.2, 0.25) is 5.02 Å². The molecule has 28 heavy (non-hydrogen) atoms. The summed E-state index contributed by atoms with van der Waals surface area (Å²) in [6.45, 7) is 2.17. The Bertz CT molecular complexity index is 1110. The number of nitrogens with zero attached hydrogens (tertiary/aromatic N) is 3. The number of aromatic nitrogens is 3. The van der Waals surface area contributed by atoms with E-state index in [1.54, 1.807) is 25.1 Å². The minimum Gasteiger partial charge on any atom is -0.497 e. The predicted molar refractivity (Wildman–Crippen MR) is 116 cm³/mol. The molecule has 2 heterocycles. The highest BCUT2D eigenvalue weighted by atomic mass is 35.5. The van der Waals surface area contributed by atoms with E-state index in [0.717, 1.165) is 50.4 Å². The molecule has 2 aromatic heterocycles. The zero-order valence-corrected chi connectivity index (χ0v) is 17.3. The van der Waals surface area contributed by atoms with E-state index in [2.05, 4.69) is 24.0 Å². The second-order valence-corrected chi connectivity index (χ2v) is 7.86. The zero-order chi connectivity index (χ0) is 19.5. The van der Waals surface area contributed by atoms with Crippen LogP contribution in [0.3, 0.4) is 0 Å². The topological polar surface area (TPSA) is 39.4 Å². The summed E-state index contributed by atoms with van der Waals surface area (Å²) in [5.74, 6) is 2.52. The monoisotopic (exact) mass is 409 g/mol. The number of rotatable bonds is 6. The summed E-state index contributed by atoms with van der Waals surface area (Å²) in [6, 6.07) is 16.0. The van der Waals surface area contributed by atoms with Crippen LogP contribution in [0, 0.1) is 0 Å². The molecule has 142 valence electrons. The van der Waals surface area contributed by atoms with Gasteiger partial charge in [-0.2, -0.15) is 0 Å². The van der Waals surface area contributed by atoms with Crippen LogP contribution < -0.4 is 4.74 Å². The minimum absolute atomic E-state index is 0.656. The Morgan fingerprint density at radius 3 is 2.61 bits per heavy atom. The van der Waals surface area contributed by atoms with Gasteiger partial charge in [0.25, 0.3) is 0 Å². The number of imidazole rings is 1. The minimum atomic E-state index is 0.656. The fraction of sp³-hybridized carbons (Fsp3) is 0.182. The number of benzene rings is 2. The molecule has 0 unspecified atom stereocenters. The Balaban J connectivity index is 1.86. The molecule has 4 nitrogen and oxygen atoms in total. The van der Waals surface area contributed by atoms with Crippen molar-refractivity contribution in [2.45, 2.75) is 18.2 Å². The van der Waals surface area contributed by atoms with Crippen molar-refractivity contribution in [1.29, 1.82) is 0 Å². The molecule has 0 aliphatic rings. The molecule has 4 rings (SSSR count). The molecule has 4 aromatic rings. The van der Waals surface area contributed by atoms with E-state index < -0.39 is 0 Å². The Morgan fingerprint density at radius 1 is 1.11 bits per heavy atom. The third-order valence-electron chi connectivity index (χ3n) is 4.43. The number of methoxy groups -OCH3 is 1. The van der Waals surface area contributed by atoms with Gasteiger partial charge in [-0.3, -0.25) is 4.40 Å². The largest absolute Gasteiger partial charge is 0.497 e. The summed E-state index contributed by atoms with van der Waals surface area (Å²) in [6.07, 6.45) is 4.84. The van der Waals surface area contributed by atoms with E-state index in [9.17, 15) is 0 Å². The molecule has 2 aromatic carbocycles. The number of fused-ring (bicyclic) bond motifs is 1. The Kier molecular flexibility index (Phi) is 5.55. The normalized spacial score (nSPS) is 11.1. The first-order chi connectivity index (χ1) is 13.7. The number of hydrogen-bond donors (Lipinski definition) is 0. The van der Waals surface area contributed by atoms with Crippen LogP contribution in [-0.2, 0) is 0 Å². The van der Waals surface area contributed by atoms with Crippen molar-refractivity contribution in [3.05, 3.63) is 65.9 Å². The third-order valence-corrected chi connectivity index (χ3v) is 6.14. The van der Waals surface area contributed by atoms with Crippen molar-refractivity contribution in [3.63, 3.8) is 0 Å². The summed E-state index contributed by atoms with van der Waals surface area (Å²) in [5.41, 5.74) is 3.85. The van der Waals surface area contributed by atoms with Gasteiger partial charge in [0.15, 0.2) is 0 Å². The molecule has 0 N–H and O–H groups in total. The summed E-state index contributed by atoms with van der Waals surface area (Å²) in [7, 11) is 1.66. The van der Waals surface area contributed by atoms with Crippen molar-refractivity contribution < 1.29 is 4.74 Å². The molecule has 0 bridgehead atoms. The molecule has 0 radical (unpaired) electrons. The first kappa shape index (κ1) is 18.8. The van der Waals surface area contributed by atoms with Crippen molar-refractivity contribution in [1.82, 2.24) is 14.4 Å². The molecule has 0 atom stereocenters. The van der Waals surface area contributed by atoms with E-state index in [0.29, 0.717) is 5.78 Å². The van der Waals surface area contributed by atoms with Crippen LogP contribution in [0.15, 0.2) is 65.8 Å². The Hall–Kier alpha value is -2.50. The fourth-order valence-corrected chi connectivity index (χ4v) is 4.22. The number of halogens is 1. The predicted octanol–water partition coefficient (Wildman–Crippen LogP) is 6.23. The quantitative estimate of drug-likeness (QED) is 0.354. The van der Waals surface area contributed by atoms with Crippen LogP contribution in [0.25, 0.3) is 28.3 Å². The summed E-state index contributed by atoms with van der Waals surface area (Å²) >= 11 is 8.37. The van der Waals surface area contributed by atoms with Gasteiger partial charge in [-0.05, 0) is 54.6 Å². The van der Waals surface area contributed by atoms with E-state index >= 15 is 0 Å². The Morgan fingerprint density at radius 2 is 1.89 bits per heavy atom. The maximum absolute atomic E-state index is 6.59. The number of thioether (sulfide) groups is 1. The van der Waals surface area contributed by atoms with Gasteiger partial charge >= 0.3 is 0 Å². The lowest BCUT2D eigenvalue weighted by Gasteiger charge is -2.09. The van der Waals surface area contributed by atoms with Crippen molar-refractivity contribution in [2.24, 2.45) is 0 Å². The highest BCUT2D eigenvalue weighted by Gasteiger charge is 2.17. The van der Waals surface area contributed by atoms with E-state index in [-0.39, 0.29) is 0 Å². The maximum Gasteiger partial charge on any atom is 0.234 e. The van der Waals surface area contributed by atoms with Crippen LogP contribution in [0.1, 0.15) is 13.3 Å². The summed E-state index contributed by atoms with van der Waals surface area (Å²) in [4.78, 5) is 10.3. The summed E-state index contributed by atoms with van der Waals surface area (Å²) < 4.78 is 7.29. The van der Waals surface area contributed by atoms with Crippen molar-refractivity contribution in [3.8, 4) is 28.3 Å². The molecule has 0 fully saturated rings. The molecule has 0 saturated heterocycles. The highest BCUT2D eigenvalue weighted by Crippen LogP contribution is 2.37. The van der Waals surface area contributed by atoms with Gasteiger partial charge in [-0.25, -0.2) is 9.97 Å². The average Bonchev–Trinajstić information content (AvgIpc) is 3.12. The van der Waals surface area contributed by atoms with Gasteiger partial charge in [-0.1, -0.05) is 24.6 Å². The van der Waals surface area contributed by atoms with E-state index in [4.69, 9.17) is 21.3 Å². The molecule has 6 heteroatoms. The molecule has 0 amide bonds. The maximum atomic E-state index is 6.59. The zero-order valence-electron chi connectivity index (χ0n) is 15.7. The first-order valence-corrected chi connectivity index (χ1v) is 10.5. The van der Waals surface area contributed by atoms with Crippen LogP contribution in [0.5, 0.6) is 5.75 Å². The van der Waals surface area contributed by atoms with E-state index in [1.807, 2.05) is 47.0 Å². The first-order valence-electron chi connectivity index (χ1n) is 9.11. The third kappa shape index (κ3) is 3.60. The van der Waals surface area contributed by atoms with Crippen LogP contribution in [0.4, 0.5) is 0 Å². The lowest BCUT2D eigenvalue weighted by atomic mass is 10.0. The second kappa shape index (κ2) is 8.25. The van der Waals surface area contributed by atoms with Crippen LogP contribution in [-0.4, -0.2) is 27.2 Å². The molecular formula is C22H20ClN3OS. The standard InChI is InChI=1S/C22H20ClN3OS/c1-3-13-28-19-10-7-16(14-18(19)23)21-20(15-5-8-17(27-2)9-6-15)25-22-24-11-4-12-26(21)22/h4-12,14H,3,13H2,1-2H3. The van der Waals surface area contributed by atoms with Crippen LogP contribution >= 0.6 is 23.4 Å². The van der Waals surface area contributed by atoms with Gasteiger partial charge in [0, 0.05) is 28.4 Å². The fourth-order valence-electron chi connectivity index (χ4n) is 3.09. The molecule has 0 saturated carbocycles. The number of ether oxygens (including phenoxy) is 1. The van der Waals surface area contributed by atoms with Gasteiger partial charge in [0.2, 0.25) is 5.78 Å². The van der Waals surface area contributed by atoms with Gasteiger partial charge in [-0.15, -0.1) is 11.8 Å². The van der Waals surface area contributed by atoms with Gasteiger partial charge in [0.1, 0.15) is 5.75 Å². The second-order valence-electron chi connectivity index (χ2n) is 6.32. The lowest BCUT2D eigenvalue weighted by molar-refractivity contribution is 0.415. The van der Waals surface area contributed by atoms with Gasteiger partial charge < -0.3 is 4.74 Å². The highest BCUT2D eigenvalue weighted by molar-refractivity contribution is 7.99. The Labute approximate surface area is 173 Å². The van der Waals surface area contributed by atoms with Crippen molar-refractivity contribution >= 4 is 29.1 Å². The number of hydrogen-bond acceptors (Lipinski definition) is 4. The molecular weight excluding hydrogens is 390 g/mol. The average molecular weight is 410 g/mol.